The van der Waals surface area contributed by atoms with E-state index < -0.39 is 0 Å². The second-order valence-corrected chi connectivity index (χ2v) is 6.44. The van der Waals surface area contributed by atoms with E-state index in [1.54, 1.807) is 11.3 Å². The van der Waals surface area contributed by atoms with E-state index in [2.05, 4.69) is 43.0 Å². The van der Waals surface area contributed by atoms with Crippen LogP contribution in [-0.4, -0.2) is 11.0 Å². The number of nitrogens with zero attached hydrogens (tertiary/aromatic N) is 2. The zero-order chi connectivity index (χ0) is 14.8. The number of thiazole rings is 1. The minimum Gasteiger partial charge on any atom is -0.399 e. The molecule has 0 fully saturated rings. The van der Waals surface area contributed by atoms with E-state index in [4.69, 9.17) is 10.7 Å². The average molecular weight is 297 g/mol. The fourth-order valence-corrected chi connectivity index (χ4v) is 3.45. The van der Waals surface area contributed by atoms with Gasteiger partial charge in [0, 0.05) is 18.3 Å². The lowest BCUT2D eigenvalue weighted by Crippen LogP contribution is -2.29. The van der Waals surface area contributed by atoms with E-state index in [9.17, 15) is 0 Å². The first-order valence-corrected chi connectivity index (χ1v) is 7.92. The van der Waals surface area contributed by atoms with Crippen molar-refractivity contribution >= 4 is 32.4 Å². The van der Waals surface area contributed by atoms with Crippen molar-refractivity contribution < 1.29 is 0 Å². The minimum atomic E-state index is 0.392. The van der Waals surface area contributed by atoms with Gasteiger partial charge in [-0.2, -0.15) is 0 Å². The molecule has 0 amide bonds. The standard InChI is InChI=1S/C17H19N3S/c1-12(2)20(11-13-6-4-3-5-7-13)17-19-15-9-8-14(18)10-16(15)21-17/h3-10,12H,11,18H2,1-2H3. The Kier molecular flexibility index (Phi) is 3.80. The molecule has 0 atom stereocenters. The zero-order valence-electron chi connectivity index (χ0n) is 12.3. The Balaban J connectivity index is 1.95. The predicted molar refractivity (Wildman–Crippen MR) is 91.8 cm³/mol. The molecule has 0 radical (unpaired) electrons. The lowest BCUT2D eigenvalue weighted by Gasteiger charge is -2.26. The van der Waals surface area contributed by atoms with Crippen molar-refractivity contribution in [1.29, 1.82) is 0 Å². The lowest BCUT2D eigenvalue weighted by atomic mass is 10.2. The Bertz CT molecular complexity index is 734. The van der Waals surface area contributed by atoms with Crippen molar-refractivity contribution in [1.82, 2.24) is 4.98 Å². The Morgan fingerprint density at radius 3 is 2.62 bits per heavy atom. The van der Waals surface area contributed by atoms with Gasteiger partial charge < -0.3 is 10.6 Å². The Hall–Kier alpha value is -2.07. The van der Waals surface area contributed by atoms with Crippen LogP contribution < -0.4 is 10.6 Å². The van der Waals surface area contributed by atoms with Crippen LogP contribution in [0.4, 0.5) is 10.8 Å². The van der Waals surface area contributed by atoms with Gasteiger partial charge in [-0.25, -0.2) is 4.98 Å². The molecule has 108 valence electrons. The highest BCUT2D eigenvalue weighted by atomic mass is 32.1. The molecule has 21 heavy (non-hydrogen) atoms. The van der Waals surface area contributed by atoms with Gasteiger partial charge in [-0.3, -0.25) is 0 Å². The summed E-state index contributed by atoms with van der Waals surface area (Å²) in [5.74, 6) is 0. The maximum absolute atomic E-state index is 5.86. The van der Waals surface area contributed by atoms with E-state index in [1.807, 2.05) is 24.3 Å². The summed E-state index contributed by atoms with van der Waals surface area (Å²) in [6, 6.07) is 16.8. The quantitative estimate of drug-likeness (QED) is 0.730. The van der Waals surface area contributed by atoms with Crippen molar-refractivity contribution in [3.05, 3.63) is 54.1 Å². The number of nitrogens with two attached hydrogens (primary N) is 1. The largest absolute Gasteiger partial charge is 0.399 e. The second kappa shape index (κ2) is 5.74. The fourth-order valence-electron chi connectivity index (χ4n) is 2.30. The molecule has 0 aliphatic carbocycles. The van der Waals surface area contributed by atoms with Crippen molar-refractivity contribution in [2.24, 2.45) is 0 Å². The van der Waals surface area contributed by atoms with Gasteiger partial charge in [-0.15, -0.1) is 0 Å². The molecular formula is C17H19N3S. The Morgan fingerprint density at radius 2 is 1.90 bits per heavy atom. The number of nitrogen functional groups attached to an aromatic ring is 1. The minimum absolute atomic E-state index is 0.392. The molecule has 1 aromatic heterocycles. The van der Waals surface area contributed by atoms with Gasteiger partial charge in [0.1, 0.15) is 0 Å². The molecule has 0 unspecified atom stereocenters. The van der Waals surface area contributed by atoms with E-state index in [1.165, 1.54) is 5.56 Å². The first-order valence-electron chi connectivity index (χ1n) is 7.10. The van der Waals surface area contributed by atoms with E-state index >= 15 is 0 Å². The highest BCUT2D eigenvalue weighted by molar-refractivity contribution is 7.22. The fraction of sp³-hybridized carbons (Fsp3) is 0.235. The highest BCUT2D eigenvalue weighted by Crippen LogP contribution is 2.32. The maximum atomic E-state index is 5.86. The highest BCUT2D eigenvalue weighted by Gasteiger charge is 2.15. The van der Waals surface area contributed by atoms with Gasteiger partial charge in [0.05, 0.1) is 10.2 Å². The van der Waals surface area contributed by atoms with Gasteiger partial charge in [0.2, 0.25) is 0 Å². The predicted octanol–water partition coefficient (Wildman–Crippen LogP) is 4.29. The van der Waals surface area contributed by atoms with E-state index in [0.29, 0.717) is 6.04 Å². The third-order valence-electron chi connectivity index (χ3n) is 3.47. The van der Waals surface area contributed by atoms with E-state index in [-0.39, 0.29) is 0 Å². The van der Waals surface area contributed by atoms with Gasteiger partial charge >= 0.3 is 0 Å². The normalized spacial score (nSPS) is 11.2. The third-order valence-corrected chi connectivity index (χ3v) is 4.52. The van der Waals surface area contributed by atoms with Crippen molar-refractivity contribution in [2.75, 3.05) is 10.6 Å². The molecule has 1 heterocycles. The number of hydrogen-bond donors (Lipinski definition) is 1. The molecule has 3 nitrogen and oxygen atoms in total. The number of fused-ring (bicyclic) bond motifs is 1. The summed E-state index contributed by atoms with van der Waals surface area (Å²) in [7, 11) is 0. The monoisotopic (exact) mass is 297 g/mol. The molecule has 0 saturated heterocycles. The van der Waals surface area contributed by atoms with Crippen LogP contribution in [0.1, 0.15) is 19.4 Å². The molecule has 2 N–H and O–H groups in total. The van der Waals surface area contributed by atoms with Crippen LogP contribution in [-0.2, 0) is 6.54 Å². The van der Waals surface area contributed by atoms with Gasteiger partial charge in [0.25, 0.3) is 0 Å². The van der Waals surface area contributed by atoms with Crippen LogP contribution in [0.25, 0.3) is 10.2 Å². The number of hydrogen-bond acceptors (Lipinski definition) is 4. The number of rotatable bonds is 4. The molecular weight excluding hydrogens is 278 g/mol. The third kappa shape index (κ3) is 3.00. The van der Waals surface area contributed by atoms with Crippen LogP contribution in [0.15, 0.2) is 48.5 Å². The summed E-state index contributed by atoms with van der Waals surface area (Å²) in [5, 5.41) is 1.05. The molecule has 0 aliphatic rings. The van der Waals surface area contributed by atoms with Crippen LogP contribution in [0.5, 0.6) is 0 Å². The van der Waals surface area contributed by atoms with Gasteiger partial charge in [-0.05, 0) is 37.6 Å². The zero-order valence-corrected chi connectivity index (χ0v) is 13.1. The summed E-state index contributed by atoms with van der Waals surface area (Å²) in [5.41, 5.74) is 8.96. The summed E-state index contributed by atoms with van der Waals surface area (Å²) in [6.07, 6.45) is 0. The SMILES string of the molecule is CC(C)N(Cc1ccccc1)c1nc2ccc(N)cc2s1. The smallest absolute Gasteiger partial charge is 0.186 e. The summed E-state index contributed by atoms with van der Waals surface area (Å²) < 4.78 is 1.14. The van der Waals surface area contributed by atoms with E-state index in [0.717, 1.165) is 27.6 Å². The summed E-state index contributed by atoms with van der Waals surface area (Å²) >= 11 is 1.70. The second-order valence-electron chi connectivity index (χ2n) is 5.43. The number of anilines is 2. The molecule has 0 bridgehead atoms. The molecule has 2 aromatic carbocycles. The van der Waals surface area contributed by atoms with Crippen molar-refractivity contribution in [3.8, 4) is 0 Å². The van der Waals surface area contributed by atoms with Crippen LogP contribution in [0.3, 0.4) is 0 Å². The number of aromatic nitrogens is 1. The van der Waals surface area contributed by atoms with Crippen LogP contribution in [0, 0.1) is 0 Å². The summed E-state index contributed by atoms with van der Waals surface area (Å²) in [4.78, 5) is 7.09. The molecule has 3 aromatic rings. The van der Waals surface area contributed by atoms with Gasteiger partial charge in [0.15, 0.2) is 5.13 Å². The molecule has 3 rings (SSSR count). The van der Waals surface area contributed by atoms with Gasteiger partial charge in [-0.1, -0.05) is 41.7 Å². The average Bonchev–Trinajstić information content (AvgIpc) is 2.88. The van der Waals surface area contributed by atoms with Crippen molar-refractivity contribution in [3.63, 3.8) is 0 Å². The molecule has 0 saturated carbocycles. The first-order chi connectivity index (χ1) is 10.1. The Labute approximate surface area is 129 Å². The van der Waals surface area contributed by atoms with Crippen molar-refractivity contribution in [2.45, 2.75) is 26.4 Å². The molecule has 4 heteroatoms. The maximum Gasteiger partial charge on any atom is 0.186 e. The van der Waals surface area contributed by atoms with Crippen LogP contribution >= 0.6 is 11.3 Å². The van der Waals surface area contributed by atoms with Crippen LogP contribution in [0.2, 0.25) is 0 Å². The molecule has 0 aliphatic heterocycles. The Morgan fingerprint density at radius 1 is 1.14 bits per heavy atom. The summed E-state index contributed by atoms with van der Waals surface area (Å²) in [6.45, 7) is 5.26. The molecule has 0 spiro atoms. The number of benzene rings is 2. The first kappa shape index (κ1) is 13.9. The topological polar surface area (TPSA) is 42.2 Å². The lowest BCUT2D eigenvalue weighted by molar-refractivity contribution is 0.681.